The molecule has 1 unspecified atom stereocenters. The number of nitrogens with one attached hydrogen (secondary N) is 1. The van der Waals surface area contributed by atoms with Crippen molar-refractivity contribution in [1.82, 2.24) is 29.8 Å². The van der Waals surface area contributed by atoms with Gasteiger partial charge in [-0.05, 0) is 43.9 Å². The Hall–Kier alpha value is -3.00. The lowest BCUT2D eigenvalue weighted by Gasteiger charge is -2.45. The molecule has 1 N–H and O–H groups in total. The average Bonchev–Trinajstić information content (AvgIpc) is 3.15. The third-order valence-electron chi connectivity index (χ3n) is 7.17. The van der Waals surface area contributed by atoms with Crippen molar-refractivity contribution in [2.24, 2.45) is 5.92 Å². The Balaban J connectivity index is 1.24. The van der Waals surface area contributed by atoms with E-state index in [1.165, 1.54) is 11.3 Å². The van der Waals surface area contributed by atoms with Gasteiger partial charge in [0.15, 0.2) is 5.65 Å². The normalized spacial score (nSPS) is 21.8. The van der Waals surface area contributed by atoms with Gasteiger partial charge in [0.25, 0.3) is 0 Å². The summed E-state index contributed by atoms with van der Waals surface area (Å²) in [5.41, 5.74) is 4.49. The van der Waals surface area contributed by atoms with Crippen molar-refractivity contribution in [2.45, 2.75) is 38.1 Å². The third-order valence-corrected chi connectivity index (χ3v) is 7.17. The van der Waals surface area contributed by atoms with Gasteiger partial charge in [-0.25, -0.2) is 4.98 Å². The molecule has 1 amide bonds. The highest BCUT2D eigenvalue weighted by Crippen LogP contribution is 2.36. The summed E-state index contributed by atoms with van der Waals surface area (Å²) in [7, 11) is 0. The second kappa shape index (κ2) is 8.16. The first kappa shape index (κ1) is 19.7. The van der Waals surface area contributed by atoms with Crippen LogP contribution in [0.2, 0.25) is 0 Å². The Morgan fingerprint density at radius 1 is 1.09 bits per heavy atom. The molecule has 3 aromatic heterocycles. The topological polar surface area (TPSA) is 78.7 Å². The number of nitrogens with zero attached hydrogens (tertiary/aromatic N) is 6. The molecule has 2 fully saturated rings. The van der Waals surface area contributed by atoms with Crippen molar-refractivity contribution in [3.63, 3.8) is 0 Å². The maximum absolute atomic E-state index is 13.5. The van der Waals surface area contributed by atoms with Crippen molar-refractivity contribution >= 4 is 17.4 Å². The summed E-state index contributed by atoms with van der Waals surface area (Å²) >= 11 is 0. The van der Waals surface area contributed by atoms with Gasteiger partial charge in [-0.1, -0.05) is 6.07 Å². The van der Waals surface area contributed by atoms with Crippen LogP contribution in [0.15, 0.2) is 36.8 Å². The number of piperidine rings is 1. The first-order valence-corrected chi connectivity index (χ1v) is 11.8. The van der Waals surface area contributed by atoms with E-state index >= 15 is 0 Å². The Labute approximate surface area is 187 Å². The molecule has 0 saturated carbocycles. The fraction of sp³-hybridized carbons (Fsp3) is 0.500. The number of anilines is 1. The lowest BCUT2D eigenvalue weighted by molar-refractivity contribution is -0.140. The van der Waals surface area contributed by atoms with Gasteiger partial charge in [-0.3, -0.25) is 9.78 Å². The van der Waals surface area contributed by atoms with Gasteiger partial charge in [0.2, 0.25) is 5.91 Å². The number of pyridine rings is 1. The van der Waals surface area contributed by atoms with Crippen LogP contribution in [-0.4, -0.2) is 63.1 Å². The van der Waals surface area contributed by atoms with Crippen LogP contribution < -0.4 is 10.2 Å². The molecule has 0 spiro atoms. The smallest absolute Gasteiger partial charge is 0.229 e. The van der Waals surface area contributed by atoms with Gasteiger partial charge in [0.1, 0.15) is 5.82 Å². The van der Waals surface area contributed by atoms with Crippen LogP contribution in [0, 0.1) is 5.92 Å². The Morgan fingerprint density at radius 2 is 2.00 bits per heavy atom. The fourth-order valence-corrected chi connectivity index (χ4v) is 5.50. The summed E-state index contributed by atoms with van der Waals surface area (Å²) in [5.74, 6) is 1.45. The zero-order valence-electron chi connectivity index (χ0n) is 18.3. The summed E-state index contributed by atoms with van der Waals surface area (Å²) in [4.78, 5) is 27.1. The Kier molecular flexibility index (Phi) is 5.02. The number of carbonyl (C=O) groups is 1. The molecule has 3 aliphatic heterocycles. The van der Waals surface area contributed by atoms with E-state index in [9.17, 15) is 4.79 Å². The SMILES string of the molecule is O=C(C1CN(c2c3c(nc4ccnn24)CCNCC3)C1)N1CCCCC1c1cccnc1. The van der Waals surface area contributed by atoms with Crippen molar-refractivity contribution < 1.29 is 4.79 Å². The molecule has 0 aliphatic carbocycles. The zero-order chi connectivity index (χ0) is 21.5. The second-order valence-corrected chi connectivity index (χ2v) is 9.14. The molecule has 6 rings (SSSR count). The number of amides is 1. The molecular formula is C24H29N7O. The van der Waals surface area contributed by atoms with Gasteiger partial charge in [-0.15, -0.1) is 0 Å². The molecule has 6 heterocycles. The van der Waals surface area contributed by atoms with E-state index in [-0.39, 0.29) is 17.9 Å². The van der Waals surface area contributed by atoms with E-state index in [0.717, 1.165) is 81.9 Å². The maximum Gasteiger partial charge on any atom is 0.229 e. The van der Waals surface area contributed by atoms with E-state index in [0.29, 0.717) is 0 Å². The lowest BCUT2D eigenvalue weighted by atomic mass is 9.91. The molecule has 8 nitrogen and oxygen atoms in total. The summed E-state index contributed by atoms with van der Waals surface area (Å²) in [6, 6.07) is 6.19. The van der Waals surface area contributed by atoms with E-state index in [1.807, 2.05) is 29.0 Å². The van der Waals surface area contributed by atoms with Crippen molar-refractivity contribution in [3.8, 4) is 0 Å². The van der Waals surface area contributed by atoms with Crippen molar-refractivity contribution in [1.29, 1.82) is 0 Å². The van der Waals surface area contributed by atoms with Crippen LogP contribution in [0.5, 0.6) is 0 Å². The van der Waals surface area contributed by atoms with Gasteiger partial charge < -0.3 is 15.1 Å². The Morgan fingerprint density at radius 3 is 2.88 bits per heavy atom. The van der Waals surface area contributed by atoms with Crippen LogP contribution in [0.3, 0.4) is 0 Å². The van der Waals surface area contributed by atoms with Crippen LogP contribution in [0.4, 0.5) is 5.82 Å². The number of hydrogen-bond acceptors (Lipinski definition) is 6. The molecule has 0 bridgehead atoms. The lowest BCUT2D eigenvalue weighted by Crippen LogP contribution is -2.56. The summed E-state index contributed by atoms with van der Waals surface area (Å²) in [6.45, 7) is 4.23. The highest BCUT2D eigenvalue weighted by Gasteiger charge is 2.40. The molecular weight excluding hydrogens is 402 g/mol. The molecule has 0 aromatic carbocycles. The molecule has 2 saturated heterocycles. The average molecular weight is 432 g/mol. The molecule has 3 aromatic rings. The standard InChI is InChI=1S/C24H29N7O/c32-24(30-13-2-1-5-21(30)17-4-3-9-26-14-17)18-15-29(16-18)23-19-6-10-25-11-7-20(19)28-22-8-12-27-31(22)23/h3-4,8-9,12,14,18,21,25H,1-2,5-7,10-11,13,15-16H2. The monoisotopic (exact) mass is 431 g/mol. The van der Waals surface area contributed by atoms with E-state index in [2.05, 4.69) is 31.3 Å². The number of rotatable bonds is 3. The maximum atomic E-state index is 13.5. The second-order valence-electron chi connectivity index (χ2n) is 9.14. The minimum atomic E-state index is 0.0330. The number of aromatic nitrogens is 4. The van der Waals surface area contributed by atoms with Crippen LogP contribution in [-0.2, 0) is 17.6 Å². The largest absolute Gasteiger partial charge is 0.354 e. The number of carbonyl (C=O) groups excluding carboxylic acids is 1. The quantitative estimate of drug-likeness (QED) is 0.684. The molecule has 0 radical (unpaired) electrons. The predicted molar refractivity (Wildman–Crippen MR) is 122 cm³/mol. The van der Waals surface area contributed by atoms with Gasteiger partial charge >= 0.3 is 0 Å². The number of likely N-dealkylation sites (tertiary alicyclic amines) is 1. The third kappa shape index (κ3) is 3.33. The predicted octanol–water partition coefficient (Wildman–Crippen LogP) is 2.00. The first-order valence-electron chi connectivity index (χ1n) is 11.8. The molecule has 1 atom stereocenters. The summed E-state index contributed by atoms with van der Waals surface area (Å²) in [5, 5.41) is 8.04. The van der Waals surface area contributed by atoms with E-state index in [4.69, 9.17) is 4.98 Å². The van der Waals surface area contributed by atoms with Crippen LogP contribution >= 0.6 is 0 Å². The molecule has 8 heteroatoms. The summed E-state index contributed by atoms with van der Waals surface area (Å²) in [6.07, 6.45) is 10.7. The minimum Gasteiger partial charge on any atom is -0.354 e. The molecule has 3 aliphatic rings. The highest BCUT2D eigenvalue weighted by molar-refractivity contribution is 5.83. The van der Waals surface area contributed by atoms with E-state index in [1.54, 1.807) is 6.20 Å². The van der Waals surface area contributed by atoms with Crippen LogP contribution in [0.1, 0.15) is 42.1 Å². The number of fused-ring (bicyclic) bond motifs is 2. The molecule has 166 valence electrons. The molecule has 32 heavy (non-hydrogen) atoms. The van der Waals surface area contributed by atoms with Gasteiger partial charge in [0, 0.05) is 56.6 Å². The summed E-state index contributed by atoms with van der Waals surface area (Å²) < 4.78 is 1.96. The number of hydrogen-bond donors (Lipinski definition) is 1. The van der Waals surface area contributed by atoms with E-state index < -0.39 is 0 Å². The first-order chi connectivity index (χ1) is 15.8. The highest BCUT2D eigenvalue weighted by atomic mass is 16.2. The Bertz CT molecular complexity index is 1120. The zero-order valence-corrected chi connectivity index (χ0v) is 18.3. The van der Waals surface area contributed by atoms with Crippen LogP contribution in [0.25, 0.3) is 5.65 Å². The van der Waals surface area contributed by atoms with Gasteiger partial charge in [-0.2, -0.15) is 9.61 Å². The minimum absolute atomic E-state index is 0.0330. The fourth-order valence-electron chi connectivity index (χ4n) is 5.50. The van der Waals surface area contributed by atoms with Gasteiger partial charge in [0.05, 0.1) is 23.9 Å². The van der Waals surface area contributed by atoms with Crippen molar-refractivity contribution in [2.75, 3.05) is 37.6 Å². The van der Waals surface area contributed by atoms with Crippen molar-refractivity contribution in [3.05, 3.63) is 53.6 Å².